The van der Waals surface area contributed by atoms with Gasteiger partial charge < -0.3 is 30.3 Å². The SMILES string of the molecule is CNc1ccc(Oc2ccc(Nc3ncnc4cnc(N5CC6(CC(NC(=O)OC(C)(C)C)C6)C5)nc34)cc2C)cc1N=N. The number of aryl methyl sites for hydroxylation is 1. The molecule has 4 N–H and O–H groups in total. The van der Waals surface area contributed by atoms with Crippen molar-refractivity contribution >= 4 is 46.0 Å². The van der Waals surface area contributed by atoms with E-state index in [1.165, 1.54) is 6.33 Å². The highest BCUT2D eigenvalue weighted by molar-refractivity contribution is 5.87. The minimum absolute atomic E-state index is 0.129. The Morgan fingerprint density at radius 1 is 1.11 bits per heavy atom. The van der Waals surface area contributed by atoms with E-state index < -0.39 is 5.60 Å². The summed E-state index contributed by atoms with van der Waals surface area (Å²) >= 11 is 0. The Morgan fingerprint density at radius 3 is 2.61 bits per heavy atom. The van der Waals surface area contributed by atoms with Gasteiger partial charge in [0.25, 0.3) is 0 Å². The molecule has 1 aliphatic heterocycles. The summed E-state index contributed by atoms with van der Waals surface area (Å²) in [5.74, 6) is 2.49. The molecule has 4 aromatic rings. The molecule has 2 aromatic heterocycles. The fourth-order valence-corrected chi connectivity index (χ4v) is 5.80. The number of hydrogen-bond acceptors (Lipinski definition) is 12. The predicted octanol–water partition coefficient (Wildman–Crippen LogP) is 6.46. The van der Waals surface area contributed by atoms with E-state index in [9.17, 15) is 4.79 Å². The van der Waals surface area contributed by atoms with Gasteiger partial charge in [-0.3, -0.25) is 0 Å². The quantitative estimate of drug-likeness (QED) is 0.166. The monoisotopic (exact) mass is 596 g/mol. The molecule has 0 radical (unpaired) electrons. The van der Waals surface area contributed by atoms with Crippen molar-refractivity contribution in [1.29, 1.82) is 5.53 Å². The molecule has 0 unspecified atom stereocenters. The summed E-state index contributed by atoms with van der Waals surface area (Å²) in [5.41, 5.74) is 11.3. The second kappa shape index (κ2) is 11.2. The molecule has 1 aliphatic carbocycles. The number of amides is 1. The Hall–Kier alpha value is -5.07. The first kappa shape index (κ1) is 29.0. The lowest BCUT2D eigenvalue weighted by Crippen LogP contribution is -2.67. The van der Waals surface area contributed by atoms with E-state index in [2.05, 4.69) is 40.9 Å². The van der Waals surface area contributed by atoms with Crippen LogP contribution in [0.15, 0.2) is 54.0 Å². The van der Waals surface area contributed by atoms with Crippen LogP contribution in [0.1, 0.15) is 39.2 Å². The van der Waals surface area contributed by atoms with E-state index in [4.69, 9.17) is 20.0 Å². The summed E-state index contributed by atoms with van der Waals surface area (Å²) in [4.78, 5) is 32.5. The van der Waals surface area contributed by atoms with Crippen molar-refractivity contribution in [2.45, 2.75) is 52.2 Å². The van der Waals surface area contributed by atoms with E-state index >= 15 is 0 Å². The van der Waals surface area contributed by atoms with Crippen LogP contribution in [0.3, 0.4) is 0 Å². The lowest BCUT2D eigenvalue weighted by atomic mass is 9.61. The average Bonchev–Trinajstić information content (AvgIpc) is 2.94. The van der Waals surface area contributed by atoms with Crippen LogP contribution in [0.25, 0.3) is 11.0 Å². The largest absolute Gasteiger partial charge is 0.457 e. The molecule has 13 nitrogen and oxygen atoms in total. The maximum absolute atomic E-state index is 12.1. The number of aromatic nitrogens is 4. The number of alkyl carbamates (subject to hydrolysis) is 1. The Kier molecular flexibility index (Phi) is 7.39. The standard InChI is InChI=1S/C31H36N10O3/c1-18-10-19(6-9-25(18)43-21-7-8-22(33-5)23(11-21)40-32)37-27-26-24(35-17-36-27)14-34-28(39-26)41-15-31(16-41)12-20(13-31)38-29(42)44-30(2,3)4/h6-11,14,17,20,32-33H,12-13,15-16H2,1-5H3,(H,38,42)(H,35,36,37). The lowest BCUT2D eigenvalue weighted by Gasteiger charge is -2.58. The number of nitrogens with zero attached hydrogens (tertiary/aromatic N) is 6. The molecule has 3 heterocycles. The summed E-state index contributed by atoms with van der Waals surface area (Å²) in [6.45, 7) is 9.21. The topological polar surface area (TPSA) is 163 Å². The summed E-state index contributed by atoms with van der Waals surface area (Å²) in [5, 5.41) is 12.9. The molecule has 0 bridgehead atoms. The fourth-order valence-electron chi connectivity index (χ4n) is 5.80. The third-order valence-electron chi connectivity index (χ3n) is 7.80. The molecule has 6 rings (SSSR count). The van der Waals surface area contributed by atoms with Gasteiger partial charge in [0, 0.05) is 43.3 Å². The van der Waals surface area contributed by atoms with Gasteiger partial charge >= 0.3 is 6.09 Å². The highest BCUT2D eigenvalue weighted by atomic mass is 16.6. The van der Waals surface area contributed by atoms with Gasteiger partial charge in [-0.25, -0.2) is 30.3 Å². The van der Waals surface area contributed by atoms with Crippen molar-refractivity contribution in [3.63, 3.8) is 0 Å². The highest BCUT2D eigenvalue weighted by Crippen LogP contribution is 2.49. The van der Waals surface area contributed by atoms with Gasteiger partial charge in [-0.1, -0.05) is 0 Å². The Bertz CT molecular complexity index is 1720. The molecule has 2 aromatic carbocycles. The molecule has 1 saturated heterocycles. The van der Waals surface area contributed by atoms with Crippen LogP contribution < -0.4 is 25.6 Å². The zero-order valence-electron chi connectivity index (χ0n) is 25.4. The van der Waals surface area contributed by atoms with E-state index in [0.717, 1.165) is 42.9 Å². The van der Waals surface area contributed by atoms with Gasteiger partial charge in [0.05, 0.1) is 11.9 Å². The molecule has 1 saturated carbocycles. The molecule has 1 spiro atoms. The van der Waals surface area contributed by atoms with Gasteiger partial charge in [0.1, 0.15) is 40.1 Å². The summed E-state index contributed by atoms with van der Waals surface area (Å²) in [7, 11) is 1.79. The van der Waals surface area contributed by atoms with Crippen LogP contribution in [0.2, 0.25) is 0 Å². The number of anilines is 4. The predicted molar refractivity (Wildman–Crippen MR) is 167 cm³/mol. The van der Waals surface area contributed by atoms with Crippen LogP contribution in [0, 0.1) is 17.9 Å². The molecular weight excluding hydrogens is 560 g/mol. The van der Waals surface area contributed by atoms with Crippen molar-refractivity contribution in [3.8, 4) is 11.5 Å². The molecule has 13 heteroatoms. The molecule has 2 fully saturated rings. The normalized spacial score (nSPS) is 15.7. The van der Waals surface area contributed by atoms with Crippen LogP contribution in [-0.4, -0.2) is 57.8 Å². The molecule has 228 valence electrons. The second-order valence-electron chi connectivity index (χ2n) is 12.5. The van der Waals surface area contributed by atoms with Gasteiger partial charge in [-0.15, -0.1) is 0 Å². The zero-order chi connectivity index (χ0) is 31.1. The molecule has 44 heavy (non-hydrogen) atoms. The lowest BCUT2D eigenvalue weighted by molar-refractivity contribution is 0.0211. The van der Waals surface area contributed by atoms with Gasteiger partial charge in [-0.05, 0) is 76.4 Å². The summed E-state index contributed by atoms with van der Waals surface area (Å²) < 4.78 is 11.5. The minimum atomic E-state index is -0.509. The number of benzene rings is 2. The first-order valence-electron chi connectivity index (χ1n) is 14.5. The maximum atomic E-state index is 12.1. The third-order valence-corrected chi connectivity index (χ3v) is 7.80. The summed E-state index contributed by atoms with van der Waals surface area (Å²) in [6, 6.07) is 11.3. The highest BCUT2D eigenvalue weighted by Gasteiger charge is 2.53. The number of rotatable bonds is 8. The minimum Gasteiger partial charge on any atom is -0.457 e. The number of fused-ring (bicyclic) bond motifs is 1. The Morgan fingerprint density at radius 2 is 1.91 bits per heavy atom. The van der Waals surface area contributed by atoms with Crippen LogP contribution >= 0.6 is 0 Å². The average molecular weight is 597 g/mol. The van der Waals surface area contributed by atoms with Gasteiger partial charge in [-0.2, -0.15) is 5.11 Å². The second-order valence-corrected chi connectivity index (χ2v) is 12.5. The van der Waals surface area contributed by atoms with Crippen molar-refractivity contribution in [1.82, 2.24) is 25.3 Å². The van der Waals surface area contributed by atoms with E-state index in [-0.39, 0.29) is 17.6 Å². The number of nitrogens with one attached hydrogen (secondary N) is 4. The zero-order valence-corrected chi connectivity index (χ0v) is 25.4. The third kappa shape index (κ3) is 6.03. The number of hydrogen-bond donors (Lipinski definition) is 4. The first-order valence-corrected chi connectivity index (χ1v) is 14.5. The van der Waals surface area contributed by atoms with Gasteiger partial charge in [0.15, 0.2) is 5.82 Å². The van der Waals surface area contributed by atoms with E-state index in [1.54, 1.807) is 19.3 Å². The molecular formula is C31H36N10O3. The molecule has 1 amide bonds. The van der Waals surface area contributed by atoms with Crippen molar-refractivity contribution in [2.24, 2.45) is 10.5 Å². The number of ether oxygens (including phenoxy) is 2. The van der Waals surface area contributed by atoms with Crippen molar-refractivity contribution in [3.05, 3.63) is 54.5 Å². The Labute approximate surface area is 255 Å². The number of carbonyl (C=O) groups excluding carboxylic acids is 1. The van der Waals surface area contributed by atoms with Crippen LogP contribution in [0.5, 0.6) is 11.5 Å². The fraction of sp³-hybridized carbons (Fsp3) is 0.387. The first-order chi connectivity index (χ1) is 21.0. The van der Waals surface area contributed by atoms with Gasteiger partial charge in [0.2, 0.25) is 5.95 Å². The number of carbonyl (C=O) groups is 1. The van der Waals surface area contributed by atoms with Crippen molar-refractivity contribution in [2.75, 3.05) is 35.7 Å². The van der Waals surface area contributed by atoms with Crippen LogP contribution in [-0.2, 0) is 4.74 Å². The smallest absolute Gasteiger partial charge is 0.407 e. The van der Waals surface area contributed by atoms with Crippen molar-refractivity contribution < 1.29 is 14.3 Å². The van der Waals surface area contributed by atoms with E-state index in [1.807, 2.05) is 58.0 Å². The molecule has 2 aliphatic rings. The summed E-state index contributed by atoms with van der Waals surface area (Å²) in [6.07, 6.45) is 4.67. The molecule has 0 atom stereocenters. The Balaban J connectivity index is 1.11. The maximum Gasteiger partial charge on any atom is 0.407 e. The van der Waals surface area contributed by atoms with Crippen LogP contribution in [0.4, 0.5) is 33.6 Å². The van der Waals surface area contributed by atoms with E-state index in [0.29, 0.717) is 40.0 Å².